The van der Waals surface area contributed by atoms with E-state index in [0.29, 0.717) is 26.1 Å². The first-order valence-electron chi connectivity index (χ1n) is 13.4. The lowest BCUT2D eigenvalue weighted by Crippen LogP contribution is -2.59. The van der Waals surface area contributed by atoms with Crippen molar-refractivity contribution in [3.8, 4) is 0 Å². The number of fused-ring (bicyclic) bond motifs is 1. The SMILES string of the molecule is C=CCN(CCC)C(=O)[C@H]1[C@H]2C(=O)N(CCO)C(C(=O)N(CC=C)C3CCCCC3)C23CC(Br)[C@@H]1O3. The van der Waals surface area contributed by atoms with E-state index in [-0.39, 0.29) is 41.7 Å². The standard InChI is InChI=1S/C27H40BrN3O5/c1-4-12-29(13-5-2)24(33)20-21-25(34)31(15-16-32)23(27(21)17-19(28)22(20)36-27)26(35)30(14-6-3)18-10-8-7-9-11-18/h4,6,18-23,32H,1,3,5,7-17H2,2H3/t19?,20-,21-,22-,23?,27?/m0/s1. The molecule has 0 radical (unpaired) electrons. The van der Waals surface area contributed by atoms with Crippen molar-refractivity contribution in [1.29, 1.82) is 0 Å². The minimum Gasteiger partial charge on any atom is -0.395 e. The molecule has 0 aromatic carbocycles. The lowest BCUT2D eigenvalue weighted by atomic mass is 9.70. The van der Waals surface area contributed by atoms with Crippen LogP contribution in [0.15, 0.2) is 25.3 Å². The van der Waals surface area contributed by atoms with Gasteiger partial charge in [0.25, 0.3) is 0 Å². The Hall–Kier alpha value is -1.71. The van der Waals surface area contributed by atoms with E-state index in [1.807, 2.05) is 11.8 Å². The van der Waals surface area contributed by atoms with Gasteiger partial charge in [-0.2, -0.15) is 0 Å². The van der Waals surface area contributed by atoms with Gasteiger partial charge in [0.05, 0.1) is 24.5 Å². The van der Waals surface area contributed by atoms with Crippen LogP contribution in [-0.2, 0) is 19.1 Å². The minimum atomic E-state index is -1.09. The predicted molar refractivity (Wildman–Crippen MR) is 140 cm³/mol. The van der Waals surface area contributed by atoms with Crippen LogP contribution in [0.5, 0.6) is 0 Å². The molecule has 9 heteroatoms. The molecule has 0 aromatic heterocycles. The zero-order valence-electron chi connectivity index (χ0n) is 21.3. The van der Waals surface area contributed by atoms with E-state index >= 15 is 0 Å². The summed E-state index contributed by atoms with van der Waals surface area (Å²) in [5, 5.41) is 9.85. The number of aliphatic hydroxyl groups is 1. The van der Waals surface area contributed by atoms with Crippen LogP contribution in [0.4, 0.5) is 0 Å². The van der Waals surface area contributed by atoms with Gasteiger partial charge in [-0.05, 0) is 25.7 Å². The van der Waals surface area contributed by atoms with E-state index in [2.05, 4.69) is 29.1 Å². The predicted octanol–water partition coefficient (Wildman–Crippen LogP) is 2.50. The number of rotatable bonds is 11. The molecule has 200 valence electrons. The van der Waals surface area contributed by atoms with Gasteiger partial charge < -0.3 is 24.5 Å². The summed E-state index contributed by atoms with van der Waals surface area (Å²) in [5.41, 5.74) is -1.09. The van der Waals surface area contributed by atoms with Crippen LogP contribution in [0.1, 0.15) is 51.9 Å². The molecule has 3 heterocycles. The molecule has 1 spiro atoms. The van der Waals surface area contributed by atoms with Crippen LogP contribution in [0.3, 0.4) is 0 Å². The minimum absolute atomic E-state index is 0.0350. The van der Waals surface area contributed by atoms with Crippen molar-refractivity contribution >= 4 is 33.7 Å². The van der Waals surface area contributed by atoms with E-state index in [0.717, 1.165) is 38.5 Å². The average molecular weight is 567 g/mol. The molecule has 1 N–H and O–H groups in total. The fourth-order valence-electron chi connectivity index (χ4n) is 7.08. The van der Waals surface area contributed by atoms with Gasteiger partial charge in [-0.15, -0.1) is 13.2 Å². The molecule has 1 aliphatic carbocycles. The van der Waals surface area contributed by atoms with Crippen LogP contribution in [0.25, 0.3) is 0 Å². The highest BCUT2D eigenvalue weighted by molar-refractivity contribution is 9.09. The molecule has 4 fully saturated rings. The van der Waals surface area contributed by atoms with E-state index in [1.165, 1.54) is 4.90 Å². The second-order valence-electron chi connectivity index (χ2n) is 10.6. The van der Waals surface area contributed by atoms with E-state index in [9.17, 15) is 19.5 Å². The number of aliphatic hydroxyl groups excluding tert-OH is 1. The molecule has 1 saturated carbocycles. The van der Waals surface area contributed by atoms with Crippen molar-refractivity contribution in [3.05, 3.63) is 25.3 Å². The van der Waals surface area contributed by atoms with E-state index in [1.54, 1.807) is 17.1 Å². The number of ether oxygens (including phenoxy) is 1. The number of hydrogen-bond donors (Lipinski definition) is 1. The maximum Gasteiger partial charge on any atom is 0.248 e. The summed E-state index contributed by atoms with van der Waals surface area (Å²) in [6, 6.07) is -0.778. The van der Waals surface area contributed by atoms with Crippen LogP contribution in [0, 0.1) is 11.8 Å². The van der Waals surface area contributed by atoms with Crippen molar-refractivity contribution in [2.24, 2.45) is 11.8 Å². The Labute approximate surface area is 222 Å². The molecular weight excluding hydrogens is 526 g/mol. The lowest BCUT2D eigenvalue weighted by molar-refractivity contribution is -0.150. The summed E-state index contributed by atoms with van der Waals surface area (Å²) in [4.78, 5) is 47.0. The van der Waals surface area contributed by atoms with Gasteiger partial charge in [0.1, 0.15) is 11.6 Å². The molecule has 4 aliphatic rings. The quantitative estimate of drug-likeness (QED) is 0.307. The number of likely N-dealkylation sites (tertiary alicyclic amines) is 1. The largest absolute Gasteiger partial charge is 0.395 e. The van der Waals surface area contributed by atoms with Gasteiger partial charge in [-0.25, -0.2) is 0 Å². The highest BCUT2D eigenvalue weighted by Gasteiger charge is 2.76. The normalized spacial score (nSPS) is 33.5. The van der Waals surface area contributed by atoms with Crippen molar-refractivity contribution in [2.45, 2.75) is 80.5 Å². The highest BCUT2D eigenvalue weighted by atomic mass is 79.9. The summed E-state index contributed by atoms with van der Waals surface area (Å²) < 4.78 is 6.60. The Balaban J connectivity index is 1.73. The molecule has 3 unspecified atom stereocenters. The Bertz CT molecular complexity index is 877. The van der Waals surface area contributed by atoms with E-state index in [4.69, 9.17) is 4.74 Å². The zero-order chi connectivity index (χ0) is 26.0. The molecular formula is C27H40BrN3O5. The van der Waals surface area contributed by atoms with Gasteiger partial charge >= 0.3 is 0 Å². The van der Waals surface area contributed by atoms with Crippen molar-refractivity contribution in [3.63, 3.8) is 0 Å². The molecule has 3 saturated heterocycles. The Morgan fingerprint density at radius 1 is 1.19 bits per heavy atom. The number of amides is 3. The van der Waals surface area contributed by atoms with Gasteiger partial charge in [-0.3, -0.25) is 14.4 Å². The third-order valence-corrected chi connectivity index (χ3v) is 9.27. The van der Waals surface area contributed by atoms with Crippen molar-refractivity contribution < 1.29 is 24.2 Å². The smallest absolute Gasteiger partial charge is 0.248 e. The fraction of sp³-hybridized carbons (Fsp3) is 0.741. The van der Waals surface area contributed by atoms with Gasteiger partial charge in [0, 0.05) is 37.0 Å². The van der Waals surface area contributed by atoms with Crippen molar-refractivity contribution in [1.82, 2.24) is 14.7 Å². The number of carbonyl (C=O) groups excluding carboxylic acids is 3. The maximum atomic E-state index is 14.3. The van der Waals surface area contributed by atoms with Gasteiger partial charge in [0.15, 0.2) is 0 Å². The zero-order valence-corrected chi connectivity index (χ0v) is 22.9. The lowest BCUT2D eigenvalue weighted by Gasteiger charge is -2.41. The molecule has 4 rings (SSSR count). The second-order valence-corrected chi connectivity index (χ2v) is 11.7. The number of carbonyl (C=O) groups is 3. The average Bonchev–Trinajstić information content (AvgIpc) is 3.46. The van der Waals surface area contributed by atoms with Crippen LogP contribution in [0.2, 0.25) is 0 Å². The summed E-state index contributed by atoms with van der Waals surface area (Å²) in [6.07, 6.45) is 9.36. The molecule has 3 aliphatic heterocycles. The first kappa shape index (κ1) is 27.3. The number of nitrogens with zero attached hydrogens (tertiary/aromatic N) is 3. The van der Waals surface area contributed by atoms with Crippen LogP contribution in [-0.4, -0.2) is 98.9 Å². The molecule has 2 bridgehead atoms. The third-order valence-electron chi connectivity index (χ3n) is 8.43. The van der Waals surface area contributed by atoms with Crippen molar-refractivity contribution in [2.75, 3.05) is 32.8 Å². The molecule has 6 atom stereocenters. The topological polar surface area (TPSA) is 90.4 Å². The fourth-order valence-corrected chi connectivity index (χ4v) is 8.02. The molecule has 36 heavy (non-hydrogen) atoms. The summed E-state index contributed by atoms with van der Waals surface area (Å²) in [7, 11) is 0. The summed E-state index contributed by atoms with van der Waals surface area (Å²) >= 11 is 3.73. The monoisotopic (exact) mass is 565 g/mol. The Morgan fingerprint density at radius 3 is 2.50 bits per heavy atom. The number of halogens is 1. The van der Waals surface area contributed by atoms with E-state index < -0.39 is 29.6 Å². The highest BCUT2D eigenvalue weighted by Crippen LogP contribution is 2.60. The Kier molecular flexibility index (Phi) is 8.62. The summed E-state index contributed by atoms with van der Waals surface area (Å²) in [5.74, 6) is -1.97. The number of alkyl halides is 1. The second kappa shape index (κ2) is 11.4. The first-order valence-corrected chi connectivity index (χ1v) is 14.3. The first-order chi connectivity index (χ1) is 17.4. The molecule has 0 aromatic rings. The Morgan fingerprint density at radius 2 is 1.89 bits per heavy atom. The van der Waals surface area contributed by atoms with Gasteiger partial charge in [0.2, 0.25) is 17.7 Å². The van der Waals surface area contributed by atoms with Crippen LogP contribution >= 0.6 is 15.9 Å². The maximum absolute atomic E-state index is 14.3. The summed E-state index contributed by atoms with van der Waals surface area (Å²) in [6.45, 7) is 10.8. The van der Waals surface area contributed by atoms with Crippen LogP contribution < -0.4 is 0 Å². The molecule has 3 amide bonds. The number of hydrogen-bond acceptors (Lipinski definition) is 5. The number of β-amino-alcohol motifs (C(OH)–C–C–N with tert-alkyl or cyclic N) is 1. The van der Waals surface area contributed by atoms with Gasteiger partial charge in [-0.1, -0.05) is 54.3 Å². The molecule has 8 nitrogen and oxygen atoms in total. The third kappa shape index (κ3) is 4.45.